The lowest BCUT2D eigenvalue weighted by molar-refractivity contribution is -0.122. The molecular formula is C31H27FN8O3S. The number of benzene rings is 1. The number of nitrogens with one attached hydrogen (secondary N) is 3. The van der Waals surface area contributed by atoms with E-state index in [0.29, 0.717) is 56.3 Å². The molecule has 0 bridgehead atoms. The van der Waals surface area contributed by atoms with E-state index in [1.165, 1.54) is 12.1 Å². The van der Waals surface area contributed by atoms with Gasteiger partial charge in [0, 0.05) is 41.1 Å². The molecule has 0 radical (unpaired) electrons. The van der Waals surface area contributed by atoms with Crippen LogP contribution in [0.25, 0.3) is 56.0 Å². The first-order valence-corrected chi connectivity index (χ1v) is 16.2. The molecule has 222 valence electrons. The number of hydrogen-bond donors (Lipinski definition) is 3. The Labute approximate surface area is 251 Å². The Bertz CT molecular complexity index is 2170. The van der Waals surface area contributed by atoms with Gasteiger partial charge in [-0.1, -0.05) is 6.42 Å². The van der Waals surface area contributed by atoms with E-state index >= 15 is 0 Å². The Hall–Kier alpha value is -5.04. The Balaban J connectivity index is 1.23. The number of H-pyrrole nitrogens is 2. The van der Waals surface area contributed by atoms with Gasteiger partial charge in [0.1, 0.15) is 26.9 Å². The molecule has 1 amide bonds. The molecule has 1 aliphatic carbocycles. The monoisotopic (exact) mass is 610 g/mol. The second kappa shape index (κ2) is 10.9. The van der Waals surface area contributed by atoms with E-state index in [0.717, 1.165) is 36.5 Å². The molecule has 5 aromatic heterocycles. The van der Waals surface area contributed by atoms with Crippen molar-refractivity contribution in [1.29, 1.82) is 0 Å². The summed E-state index contributed by atoms with van der Waals surface area (Å²) in [6, 6.07) is 9.94. The van der Waals surface area contributed by atoms with Crippen molar-refractivity contribution in [2.45, 2.75) is 25.7 Å². The van der Waals surface area contributed by atoms with Crippen LogP contribution in [0.1, 0.15) is 24.8 Å². The van der Waals surface area contributed by atoms with E-state index in [2.05, 4.69) is 35.5 Å². The Morgan fingerprint density at radius 1 is 1.02 bits per heavy atom. The van der Waals surface area contributed by atoms with Crippen LogP contribution in [-0.4, -0.2) is 61.5 Å². The summed E-state index contributed by atoms with van der Waals surface area (Å²) in [7, 11) is -3.21. The quantitative estimate of drug-likeness (QED) is 0.215. The highest BCUT2D eigenvalue weighted by Crippen LogP contribution is 2.33. The number of amides is 1. The van der Waals surface area contributed by atoms with Crippen LogP contribution >= 0.6 is 0 Å². The number of anilines is 1. The predicted octanol–water partition coefficient (Wildman–Crippen LogP) is 5.09. The fourth-order valence-corrected chi connectivity index (χ4v) is 5.92. The van der Waals surface area contributed by atoms with Crippen LogP contribution in [0, 0.1) is 11.7 Å². The molecule has 6 aromatic rings. The van der Waals surface area contributed by atoms with Gasteiger partial charge in [0.15, 0.2) is 5.82 Å². The number of carbonyl (C=O) groups is 1. The Kier molecular flexibility index (Phi) is 6.88. The SMILES string of the molecule is CS(=O)(=O)CCc1cc(F)cc(-c2nccc3[nH]c(-c4n[nH]c5cnc(-c6cncc(NC(=O)C7CCC7)c6)cc45)nc23)c1. The van der Waals surface area contributed by atoms with E-state index < -0.39 is 15.7 Å². The van der Waals surface area contributed by atoms with Gasteiger partial charge in [0.05, 0.1) is 46.3 Å². The van der Waals surface area contributed by atoms with Crippen LogP contribution in [0.4, 0.5) is 10.1 Å². The molecule has 0 atom stereocenters. The third-order valence-electron chi connectivity index (χ3n) is 7.84. The van der Waals surface area contributed by atoms with Crippen molar-refractivity contribution in [3.8, 4) is 34.0 Å². The fourth-order valence-electron chi connectivity index (χ4n) is 5.31. The van der Waals surface area contributed by atoms with E-state index in [1.54, 1.807) is 36.9 Å². The van der Waals surface area contributed by atoms with Crippen LogP contribution in [0.2, 0.25) is 0 Å². The highest BCUT2D eigenvalue weighted by atomic mass is 32.2. The molecule has 1 aromatic carbocycles. The number of aromatic nitrogens is 7. The van der Waals surface area contributed by atoms with Gasteiger partial charge in [-0.3, -0.25) is 24.8 Å². The van der Waals surface area contributed by atoms with Crippen molar-refractivity contribution in [2.24, 2.45) is 5.92 Å². The number of imidazole rings is 1. The van der Waals surface area contributed by atoms with Crippen molar-refractivity contribution < 1.29 is 17.6 Å². The molecule has 0 unspecified atom stereocenters. The minimum atomic E-state index is -3.21. The molecule has 13 heteroatoms. The maximum absolute atomic E-state index is 14.6. The van der Waals surface area contributed by atoms with Gasteiger partial charge in [-0.15, -0.1) is 0 Å². The standard InChI is InChI=1S/C31H27FN8O3S/c1-44(42,43)8-6-17-9-19(11-21(32)10-17)27-29-24(5-7-34-27)37-30(38-29)28-23-13-25(35-16-26(23)39-40-28)20-12-22(15-33-14-20)36-31(41)18-3-2-4-18/h5,7,9-16,18H,2-4,6,8H2,1H3,(H,36,41)(H,37,38)(H,39,40). The Morgan fingerprint density at radius 2 is 1.89 bits per heavy atom. The van der Waals surface area contributed by atoms with Crippen LogP contribution in [0.5, 0.6) is 0 Å². The normalized spacial score (nSPS) is 13.8. The third kappa shape index (κ3) is 5.53. The average molecular weight is 611 g/mol. The minimum Gasteiger partial charge on any atom is -0.336 e. The zero-order valence-electron chi connectivity index (χ0n) is 23.6. The summed E-state index contributed by atoms with van der Waals surface area (Å²) in [6.07, 6.45) is 10.8. The molecule has 0 saturated heterocycles. The first kappa shape index (κ1) is 27.8. The second-order valence-corrected chi connectivity index (χ2v) is 13.4. The predicted molar refractivity (Wildman–Crippen MR) is 165 cm³/mol. The summed E-state index contributed by atoms with van der Waals surface area (Å²) in [5.41, 5.74) is 5.95. The molecule has 1 aliphatic rings. The van der Waals surface area contributed by atoms with Crippen LogP contribution < -0.4 is 5.32 Å². The van der Waals surface area contributed by atoms with E-state index in [1.807, 2.05) is 12.1 Å². The van der Waals surface area contributed by atoms with E-state index in [9.17, 15) is 17.6 Å². The van der Waals surface area contributed by atoms with Gasteiger partial charge in [-0.25, -0.2) is 17.8 Å². The number of pyridine rings is 3. The van der Waals surface area contributed by atoms with Gasteiger partial charge in [-0.2, -0.15) is 5.10 Å². The van der Waals surface area contributed by atoms with Gasteiger partial charge in [0.2, 0.25) is 5.91 Å². The molecule has 0 aliphatic heterocycles. The lowest BCUT2D eigenvalue weighted by Gasteiger charge is -2.24. The number of nitrogens with zero attached hydrogens (tertiary/aromatic N) is 5. The number of rotatable bonds is 8. The fraction of sp³-hybridized carbons (Fsp3) is 0.226. The van der Waals surface area contributed by atoms with E-state index in [-0.39, 0.29) is 24.0 Å². The summed E-state index contributed by atoms with van der Waals surface area (Å²) in [4.78, 5) is 33.9. The molecule has 1 fully saturated rings. The number of halogens is 1. The summed E-state index contributed by atoms with van der Waals surface area (Å²) in [5.74, 6) is -0.0219. The zero-order valence-corrected chi connectivity index (χ0v) is 24.4. The van der Waals surface area contributed by atoms with Gasteiger partial charge >= 0.3 is 0 Å². The number of aryl methyl sites for hydroxylation is 1. The highest BCUT2D eigenvalue weighted by molar-refractivity contribution is 7.90. The lowest BCUT2D eigenvalue weighted by Crippen LogP contribution is -2.28. The van der Waals surface area contributed by atoms with Gasteiger partial charge in [-0.05, 0) is 61.2 Å². The number of aromatic amines is 2. The highest BCUT2D eigenvalue weighted by Gasteiger charge is 2.25. The van der Waals surface area contributed by atoms with E-state index in [4.69, 9.17) is 4.98 Å². The number of carbonyl (C=O) groups excluding carboxylic acids is 1. The lowest BCUT2D eigenvalue weighted by atomic mass is 9.85. The number of fused-ring (bicyclic) bond motifs is 2. The molecule has 7 rings (SSSR count). The molecule has 0 spiro atoms. The average Bonchev–Trinajstić information content (AvgIpc) is 3.58. The van der Waals surface area contributed by atoms with Gasteiger partial charge < -0.3 is 10.3 Å². The van der Waals surface area contributed by atoms with Crippen molar-refractivity contribution >= 4 is 43.4 Å². The number of sulfone groups is 1. The molecule has 3 N–H and O–H groups in total. The summed E-state index contributed by atoms with van der Waals surface area (Å²) >= 11 is 0. The summed E-state index contributed by atoms with van der Waals surface area (Å²) < 4.78 is 37.9. The summed E-state index contributed by atoms with van der Waals surface area (Å²) in [5, 5.41) is 11.2. The number of hydrogen-bond acceptors (Lipinski definition) is 8. The molecule has 1 saturated carbocycles. The first-order chi connectivity index (χ1) is 21.2. The maximum Gasteiger partial charge on any atom is 0.227 e. The first-order valence-electron chi connectivity index (χ1n) is 14.1. The van der Waals surface area contributed by atoms with Crippen LogP contribution in [0.3, 0.4) is 0 Å². The third-order valence-corrected chi connectivity index (χ3v) is 8.79. The molecule has 11 nitrogen and oxygen atoms in total. The molecule has 44 heavy (non-hydrogen) atoms. The second-order valence-electron chi connectivity index (χ2n) is 11.1. The topological polar surface area (TPSA) is 159 Å². The largest absolute Gasteiger partial charge is 0.336 e. The summed E-state index contributed by atoms with van der Waals surface area (Å²) in [6.45, 7) is 0. The van der Waals surface area contributed by atoms with Crippen molar-refractivity contribution in [2.75, 3.05) is 17.3 Å². The minimum absolute atomic E-state index is 0.0119. The smallest absolute Gasteiger partial charge is 0.227 e. The van der Waals surface area contributed by atoms with Crippen LogP contribution in [0.15, 0.2) is 61.2 Å². The van der Waals surface area contributed by atoms with Crippen LogP contribution in [-0.2, 0) is 21.1 Å². The molecular weight excluding hydrogens is 583 g/mol. The molecule has 5 heterocycles. The van der Waals surface area contributed by atoms with Crippen molar-refractivity contribution in [1.82, 2.24) is 35.1 Å². The van der Waals surface area contributed by atoms with Gasteiger partial charge in [0.25, 0.3) is 0 Å². The maximum atomic E-state index is 14.6. The Morgan fingerprint density at radius 3 is 2.68 bits per heavy atom. The van der Waals surface area contributed by atoms with Crippen molar-refractivity contribution in [3.05, 3.63) is 72.6 Å². The van der Waals surface area contributed by atoms with Crippen molar-refractivity contribution in [3.63, 3.8) is 0 Å². The zero-order chi connectivity index (χ0) is 30.4.